The van der Waals surface area contributed by atoms with Gasteiger partial charge < -0.3 is 9.47 Å². The van der Waals surface area contributed by atoms with E-state index in [4.69, 9.17) is 9.47 Å². The molecule has 3 saturated carbocycles. The van der Waals surface area contributed by atoms with Gasteiger partial charge in [0.15, 0.2) is 0 Å². The van der Waals surface area contributed by atoms with Crippen molar-refractivity contribution in [2.24, 2.45) is 45.8 Å². The van der Waals surface area contributed by atoms with E-state index in [0.717, 1.165) is 25.2 Å². The number of esters is 1. The molecule has 5 aliphatic rings. The number of carbonyl (C=O) groups is 2. The summed E-state index contributed by atoms with van der Waals surface area (Å²) >= 11 is 0. The SMILES string of the molecule is CC(C)CCC[C@@H](C)[C@H]1CC[C@@]2(C)[C@@H]3C(=O)C[C@H]4[C@H](C)OC(=O)CC[C@]4(C)[C@@]34O[C@H]4C[C@]12C. The molecule has 3 aliphatic carbocycles. The van der Waals surface area contributed by atoms with Crippen molar-refractivity contribution in [1.82, 2.24) is 0 Å². The van der Waals surface area contributed by atoms with Crippen LogP contribution in [-0.2, 0) is 19.1 Å². The molecule has 2 saturated heterocycles. The van der Waals surface area contributed by atoms with Crippen molar-refractivity contribution in [1.29, 1.82) is 0 Å². The maximum absolute atomic E-state index is 14.0. The molecule has 2 heterocycles. The van der Waals surface area contributed by atoms with Crippen molar-refractivity contribution < 1.29 is 19.1 Å². The number of carbonyl (C=O) groups excluding carboxylic acids is 2. The normalized spacial score (nSPS) is 51.7. The number of cyclic esters (lactones) is 1. The zero-order valence-electron chi connectivity index (χ0n) is 22.0. The highest BCUT2D eigenvalue weighted by Gasteiger charge is 2.84. The van der Waals surface area contributed by atoms with Crippen LogP contribution in [0.1, 0.15) is 106 Å². The summed E-state index contributed by atoms with van der Waals surface area (Å²) in [5, 5.41) is 0. The van der Waals surface area contributed by atoms with Crippen molar-refractivity contribution >= 4 is 11.8 Å². The molecule has 0 aromatic carbocycles. The van der Waals surface area contributed by atoms with Gasteiger partial charge >= 0.3 is 5.97 Å². The van der Waals surface area contributed by atoms with Crippen molar-refractivity contribution in [2.45, 2.75) is 124 Å². The van der Waals surface area contributed by atoms with E-state index in [1.807, 2.05) is 6.92 Å². The molecule has 2 aliphatic heterocycles. The fourth-order valence-electron chi connectivity index (χ4n) is 9.86. The molecule has 5 fully saturated rings. The van der Waals surface area contributed by atoms with E-state index in [-0.39, 0.29) is 51.9 Å². The second-order valence-electron chi connectivity index (χ2n) is 13.7. The number of fused-ring (bicyclic) bond motifs is 3. The third-order valence-corrected chi connectivity index (χ3v) is 11.8. The first-order chi connectivity index (χ1) is 15.4. The predicted octanol–water partition coefficient (Wildman–Crippen LogP) is 6.35. The van der Waals surface area contributed by atoms with Gasteiger partial charge in [-0.1, -0.05) is 60.8 Å². The number of ketones is 1. The molecule has 10 atom stereocenters. The Bertz CT molecular complexity index is 835. The van der Waals surface area contributed by atoms with E-state index in [1.165, 1.54) is 25.7 Å². The second kappa shape index (κ2) is 7.55. The summed E-state index contributed by atoms with van der Waals surface area (Å²) in [4.78, 5) is 26.3. The molecular weight excluding hydrogens is 412 g/mol. The van der Waals surface area contributed by atoms with Gasteiger partial charge in [0.25, 0.3) is 0 Å². The van der Waals surface area contributed by atoms with Gasteiger partial charge in [0.2, 0.25) is 0 Å². The van der Waals surface area contributed by atoms with E-state index in [0.29, 0.717) is 30.5 Å². The summed E-state index contributed by atoms with van der Waals surface area (Å²) in [6.45, 7) is 16.3. The molecule has 0 amide bonds. The zero-order valence-corrected chi connectivity index (χ0v) is 22.0. The van der Waals surface area contributed by atoms with Gasteiger partial charge in [0.1, 0.15) is 17.5 Å². The van der Waals surface area contributed by atoms with Crippen LogP contribution in [0, 0.1) is 45.8 Å². The van der Waals surface area contributed by atoms with E-state index >= 15 is 0 Å². The fraction of sp³-hybridized carbons (Fsp3) is 0.931. The molecule has 0 bridgehead atoms. The third kappa shape index (κ3) is 3.04. The Labute approximate surface area is 200 Å². The van der Waals surface area contributed by atoms with Crippen LogP contribution in [0.5, 0.6) is 0 Å². The van der Waals surface area contributed by atoms with Crippen molar-refractivity contribution in [2.75, 3.05) is 0 Å². The summed E-state index contributed by atoms with van der Waals surface area (Å²) < 4.78 is 12.5. The second-order valence-corrected chi connectivity index (χ2v) is 13.7. The fourth-order valence-corrected chi connectivity index (χ4v) is 9.86. The van der Waals surface area contributed by atoms with Crippen LogP contribution in [-0.4, -0.2) is 29.6 Å². The molecule has 0 radical (unpaired) electrons. The Balaban J connectivity index is 1.47. The maximum Gasteiger partial charge on any atom is 0.306 e. The smallest absolute Gasteiger partial charge is 0.306 e. The lowest BCUT2D eigenvalue weighted by Crippen LogP contribution is -2.66. The Hall–Kier alpha value is -0.900. The largest absolute Gasteiger partial charge is 0.462 e. The molecule has 4 heteroatoms. The molecule has 1 spiro atoms. The molecule has 5 rings (SSSR count). The van der Waals surface area contributed by atoms with E-state index in [1.54, 1.807) is 0 Å². The molecule has 0 N–H and O–H groups in total. The molecule has 0 unspecified atom stereocenters. The Morgan fingerprint density at radius 2 is 1.73 bits per heavy atom. The third-order valence-electron chi connectivity index (χ3n) is 11.8. The minimum atomic E-state index is -0.390. The first kappa shape index (κ1) is 23.8. The first-order valence-corrected chi connectivity index (χ1v) is 13.8. The molecule has 33 heavy (non-hydrogen) atoms. The molecule has 0 aromatic heterocycles. The highest BCUT2D eigenvalue weighted by atomic mass is 16.6. The summed E-state index contributed by atoms with van der Waals surface area (Å²) in [6.07, 6.45) is 9.03. The van der Waals surface area contributed by atoms with E-state index < -0.39 is 0 Å². The topological polar surface area (TPSA) is 55.9 Å². The van der Waals surface area contributed by atoms with E-state index in [9.17, 15) is 9.59 Å². The zero-order chi connectivity index (χ0) is 24.0. The van der Waals surface area contributed by atoms with Crippen LogP contribution in [0.4, 0.5) is 0 Å². The van der Waals surface area contributed by atoms with Gasteiger partial charge in [0, 0.05) is 24.2 Å². The number of rotatable bonds is 5. The summed E-state index contributed by atoms with van der Waals surface area (Å²) in [6, 6.07) is 0. The first-order valence-electron chi connectivity index (χ1n) is 13.8. The van der Waals surface area contributed by atoms with Crippen LogP contribution in [0.15, 0.2) is 0 Å². The summed E-state index contributed by atoms with van der Waals surface area (Å²) in [7, 11) is 0. The number of hydrogen-bond donors (Lipinski definition) is 0. The number of Topliss-reactive ketones (excluding diaryl/α,β-unsaturated/α-hetero) is 1. The maximum atomic E-state index is 14.0. The molecule has 0 aromatic rings. The quantitative estimate of drug-likeness (QED) is 0.356. The average molecular weight is 459 g/mol. The highest BCUT2D eigenvalue weighted by Crippen LogP contribution is 2.79. The number of epoxide rings is 1. The number of ether oxygens (including phenoxy) is 2. The Morgan fingerprint density at radius 1 is 1.00 bits per heavy atom. The van der Waals surface area contributed by atoms with Crippen LogP contribution < -0.4 is 0 Å². The average Bonchev–Trinajstić information content (AvgIpc) is 3.37. The monoisotopic (exact) mass is 458 g/mol. The van der Waals surface area contributed by atoms with Crippen molar-refractivity contribution in [3.63, 3.8) is 0 Å². The van der Waals surface area contributed by atoms with Crippen LogP contribution >= 0.6 is 0 Å². The molecule has 186 valence electrons. The van der Waals surface area contributed by atoms with E-state index in [2.05, 4.69) is 41.5 Å². The van der Waals surface area contributed by atoms with Gasteiger partial charge in [-0.2, -0.15) is 0 Å². The van der Waals surface area contributed by atoms with Crippen LogP contribution in [0.25, 0.3) is 0 Å². The molecular formula is C29H46O4. The lowest BCUT2D eigenvalue weighted by molar-refractivity contribution is -0.172. The van der Waals surface area contributed by atoms with Crippen molar-refractivity contribution in [3.8, 4) is 0 Å². The standard InChI is InChI=1S/C29H46O4/c1-17(2)9-8-10-18(3)20-11-13-27(6)25-22(30)15-21-19(4)32-24(31)12-14-26(21,5)29(25)23(33-29)16-28(20,27)7/h17-21,23,25H,8-16H2,1-7H3/t18-,19+,20-,21+,23+,25+,26+,27+,28-,29+/m1/s1. The van der Waals surface area contributed by atoms with Gasteiger partial charge in [-0.3, -0.25) is 9.59 Å². The minimum absolute atomic E-state index is 0.0254. The van der Waals surface area contributed by atoms with Crippen LogP contribution in [0.2, 0.25) is 0 Å². The van der Waals surface area contributed by atoms with Crippen molar-refractivity contribution in [3.05, 3.63) is 0 Å². The minimum Gasteiger partial charge on any atom is -0.462 e. The Morgan fingerprint density at radius 3 is 2.42 bits per heavy atom. The Kier molecular flexibility index (Phi) is 5.45. The predicted molar refractivity (Wildman–Crippen MR) is 129 cm³/mol. The summed E-state index contributed by atoms with van der Waals surface area (Å²) in [5.41, 5.74) is -0.448. The van der Waals surface area contributed by atoms with Gasteiger partial charge in [-0.15, -0.1) is 0 Å². The lowest BCUT2D eigenvalue weighted by atomic mass is 9.40. The van der Waals surface area contributed by atoms with Gasteiger partial charge in [-0.25, -0.2) is 0 Å². The van der Waals surface area contributed by atoms with Gasteiger partial charge in [0.05, 0.1) is 12.0 Å². The van der Waals surface area contributed by atoms with Gasteiger partial charge in [-0.05, 0) is 61.2 Å². The van der Waals surface area contributed by atoms with Crippen LogP contribution in [0.3, 0.4) is 0 Å². The highest BCUT2D eigenvalue weighted by molar-refractivity contribution is 5.86. The summed E-state index contributed by atoms with van der Waals surface area (Å²) in [5.74, 6) is 2.41. The molecule has 4 nitrogen and oxygen atoms in total. The number of hydrogen-bond acceptors (Lipinski definition) is 4. The lowest BCUT2D eigenvalue weighted by Gasteiger charge is -2.61.